The first kappa shape index (κ1) is 17.0. The Hall–Kier alpha value is -1.39. The van der Waals surface area contributed by atoms with E-state index in [1.165, 1.54) is 17.5 Å². The fraction of sp³-hybridized carbons (Fsp3) is 0.667. The van der Waals surface area contributed by atoms with Crippen LogP contribution in [0.15, 0.2) is 18.2 Å². The lowest BCUT2D eigenvalue weighted by Crippen LogP contribution is -2.46. The molecule has 2 saturated heterocycles. The second-order valence-electron chi connectivity index (χ2n) is 8.28. The van der Waals surface area contributed by atoms with Gasteiger partial charge in [0.05, 0.1) is 13.2 Å². The largest absolute Gasteiger partial charge is 0.396 e. The van der Waals surface area contributed by atoms with Crippen LogP contribution in [0.4, 0.5) is 5.69 Å². The molecule has 1 aromatic carbocycles. The van der Waals surface area contributed by atoms with Crippen LogP contribution in [-0.2, 0) is 11.2 Å². The van der Waals surface area contributed by atoms with Crippen LogP contribution in [0.5, 0.6) is 0 Å². The number of hydrogen-bond donors (Lipinski definition) is 1. The van der Waals surface area contributed by atoms with Crippen LogP contribution in [0.3, 0.4) is 0 Å². The molecule has 0 aromatic heterocycles. The molecule has 136 valence electrons. The molecule has 0 aliphatic carbocycles. The summed E-state index contributed by atoms with van der Waals surface area (Å²) in [6.07, 6.45) is 6.47. The zero-order valence-corrected chi connectivity index (χ0v) is 15.5. The average Bonchev–Trinajstić information content (AvgIpc) is 3.15. The third-order valence-corrected chi connectivity index (χ3v) is 6.98. The van der Waals surface area contributed by atoms with Crippen molar-refractivity contribution < 1.29 is 9.90 Å². The van der Waals surface area contributed by atoms with Gasteiger partial charge in [-0.1, -0.05) is 24.6 Å². The monoisotopic (exact) mass is 342 g/mol. The highest BCUT2D eigenvalue weighted by Gasteiger charge is 2.54. The fourth-order valence-electron chi connectivity index (χ4n) is 5.55. The van der Waals surface area contributed by atoms with Crippen LogP contribution < -0.4 is 4.90 Å². The Morgan fingerprint density at radius 3 is 2.92 bits per heavy atom. The number of hydrogen-bond acceptors (Lipinski definition) is 3. The van der Waals surface area contributed by atoms with Crippen molar-refractivity contribution in [2.45, 2.75) is 64.5 Å². The molecule has 4 heteroatoms. The molecule has 0 saturated carbocycles. The van der Waals surface area contributed by atoms with Crippen molar-refractivity contribution >= 4 is 11.6 Å². The maximum atomic E-state index is 13.1. The zero-order valence-electron chi connectivity index (χ0n) is 15.5. The number of aliphatic hydroxyl groups excluding tert-OH is 1. The Morgan fingerprint density at radius 2 is 2.20 bits per heavy atom. The lowest BCUT2D eigenvalue weighted by Gasteiger charge is -2.36. The lowest BCUT2D eigenvalue weighted by molar-refractivity contribution is -0.120. The molecule has 2 bridgehead atoms. The standard InChI is InChI=1S/C21H30N2O2/c1-3-21(14-24)12-17-7-9-19(21)23(17)13-20(25)22-10-4-5-16-11-15(2)6-8-18(16)22/h6,8,11,17,19,24H,3-5,7,9-10,12-14H2,1-2H3/t17-,19+,21-/m1/s1. The molecule has 25 heavy (non-hydrogen) atoms. The Morgan fingerprint density at radius 1 is 1.36 bits per heavy atom. The van der Waals surface area contributed by atoms with E-state index in [1.807, 2.05) is 4.90 Å². The fourth-order valence-corrected chi connectivity index (χ4v) is 5.55. The number of carbonyl (C=O) groups excluding carboxylic acids is 1. The summed E-state index contributed by atoms with van der Waals surface area (Å²) >= 11 is 0. The van der Waals surface area contributed by atoms with E-state index in [2.05, 4.69) is 36.9 Å². The minimum absolute atomic E-state index is 0.0140. The Bertz CT molecular complexity index is 668. The van der Waals surface area contributed by atoms with E-state index in [9.17, 15) is 9.90 Å². The molecule has 0 spiro atoms. The van der Waals surface area contributed by atoms with E-state index in [0.29, 0.717) is 18.6 Å². The molecule has 4 rings (SSSR count). The average molecular weight is 342 g/mol. The summed E-state index contributed by atoms with van der Waals surface area (Å²) in [6.45, 7) is 5.88. The van der Waals surface area contributed by atoms with Crippen molar-refractivity contribution in [1.82, 2.24) is 4.90 Å². The highest BCUT2D eigenvalue weighted by atomic mass is 16.3. The van der Waals surface area contributed by atoms with Crippen LogP contribution in [-0.4, -0.2) is 47.7 Å². The number of aliphatic hydroxyl groups is 1. The van der Waals surface area contributed by atoms with E-state index in [-0.39, 0.29) is 17.9 Å². The normalized spacial score (nSPS) is 31.4. The van der Waals surface area contributed by atoms with Crippen molar-refractivity contribution in [3.05, 3.63) is 29.3 Å². The zero-order chi connectivity index (χ0) is 17.6. The Labute approximate surface area is 150 Å². The van der Waals surface area contributed by atoms with Crippen molar-refractivity contribution in [3.8, 4) is 0 Å². The van der Waals surface area contributed by atoms with E-state index in [1.54, 1.807) is 0 Å². The van der Waals surface area contributed by atoms with Crippen molar-refractivity contribution in [2.75, 3.05) is 24.6 Å². The Balaban J connectivity index is 1.53. The molecule has 3 heterocycles. The highest BCUT2D eigenvalue weighted by Crippen LogP contribution is 2.51. The van der Waals surface area contributed by atoms with Crippen molar-refractivity contribution in [1.29, 1.82) is 0 Å². The molecule has 3 aliphatic rings. The van der Waals surface area contributed by atoms with E-state index < -0.39 is 0 Å². The summed E-state index contributed by atoms with van der Waals surface area (Å²) in [5.74, 6) is 0.228. The quantitative estimate of drug-likeness (QED) is 0.915. The molecule has 3 atom stereocenters. The van der Waals surface area contributed by atoms with Gasteiger partial charge in [0.2, 0.25) is 5.91 Å². The summed E-state index contributed by atoms with van der Waals surface area (Å²) in [5, 5.41) is 9.97. The van der Waals surface area contributed by atoms with Crippen LogP contribution >= 0.6 is 0 Å². The van der Waals surface area contributed by atoms with Gasteiger partial charge in [-0.2, -0.15) is 0 Å². The molecule has 2 fully saturated rings. The number of carbonyl (C=O) groups is 1. The number of anilines is 1. The Kier molecular flexibility index (Phi) is 4.37. The number of fused-ring (bicyclic) bond motifs is 3. The van der Waals surface area contributed by atoms with E-state index >= 15 is 0 Å². The van der Waals surface area contributed by atoms with Crippen LogP contribution in [0.1, 0.15) is 50.2 Å². The minimum atomic E-state index is 0.0140. The lowest BCUT2D eigenvalue weighted by atomic mass is 9.72. The maximum absolute atomic E-state index is 13.1. The number of amides is 1. The van der Waals surface area contributed by atoms with Gasteiger partial charge in [0.1, 0.15) is 0 Å². The van der Waals surface area contributed by atoms with E-state index in [4.69, 9.17) is 0 Å². The molecule has 3 aliphatic heterocycles. The molecule has 4 nitrogen and oxygen atoms in total. The minimum Gasteiger partial charge on any atom is -0.396 e. The molecule has 1 amide bonds. The van der Waals surface area contributed by atoms with Gasteiger partial charge in [-0.15, -0.1) is 0 Å². The third-order valence-electron chi connectivity index (χ3n) is 6.98. The predicted octanol–water partition coefficient (Wildman–Crippen LogP) is 2.90. The molecule has 1 N–H and O–H groups in total. The predicted molar refractivity (Wildman–Crippen MR) is 99.8 cm³/mol. The van der Waals surface area contributed by atoms with Gasteiger partial charge in [-0.05, 0) is 57.1 Å². The van der Waals surface area contributed by atoms with Crippen LogP contribution in [0.25, 0.3) is 0 Å². The van der Waals surface area contributed by atoms with Gasteiger partial charge in [0, 0.05) is 29.7 Å². The molecule has 0 unspecified atom stereocenters. The smallest absolute Gasteiger partial charge is 0.241 e. The third kappa shape index (κ3) is 2.70. The summed E-state index contributed by atoms with van der Waals surface area (Å²) in [4.78, 5) is 17.5. The highest BCUT2D eigenvalue weighted by molar-refractivity contribution is 5.96. The van der Waals surface area contributed by atoms with Gasteiger partial charge in [-0.3, -0.25) is 9.69 Å². The van der Waals surface area contributed by atoms with Crippen molar-refractivity contribution in [2.24, 2.45) is 5.41 Å². The van der Waals surface area contributed by atoms with Crippen LogP contribution in [0, 0.1) is 12.3 Å². The van der Waals surface area contributed by atoms with Gasteiger partial charge in [0.15, 0.2) is 0 Å². The second kappa shape index (κ2) is 6.40. The topological polar surface area (TPSA) is 43.8 Å². The van der Waals surface area contributed by atoms with E-state index in [0.717, 1.165) is 44.3 Å². The van der Waals surface area contributed by atoms with Gasteiger partial charge >= 0.3 is 0 Å². The summed E-state index contributed by atoms with van der Waals surface area (Å²) in [6, 6.07) is 7.30. The maximum Gasteiger partial charge on any atom is 0.241 e. The summed E-state index contributed by atoms with van der Waals surface area (Å²) in [5.41, 5.74) is 3.70. The van der Waals surface area contributed by atoms with Gasteiger partial charge in [-0.25, -0.2) is 0 Å². The molecular weight excluding hydrogens is 312 g/mol. The van der Waals surface area contributed by atoms with Gasteiger partial charge in [0.25, 0.3) is 0 Å². The van der Waals surface area contributed by atoms with Crippen LogP contribution in [0.2, 0.25) is 0 Å². The molecular formula is C21H30N2O2. The number of nitrogens with zero attached hydrogens (tertiary/aromatic N) is 2. The molecule has 0 radical (unpaired) electrons. The first-order valence-corrected chi connectivity index (χ1v) is 9.84. The first-order chi connectivity index (χ1) is 12.1. The number of aryl methyl sites for hydroxylation is 2. The van der Waals surface area contributed by atoms with Crippen molar-refractivity contribution in [3.63, 3.8) is 0 Å². The summed E-state index contributed by atoms with van der Waals surface area (Å²) < 4.78 is 0. The number of benzene rings is 1. The molecule has 1 aromatic rings. The first-order valence-electron chi connectivity index (χ1n) is 9.84. The summed E-state index contributed by atoms with van der Waals surface area (Å²) in [7, 11) is 0. The second-order valence-corrected chi connectivity index (χ2v) is 8.28. The number of rotatable bonds is 4. The van der Waals surface area contributed by atoms with Gasteiger partial charge < -0.3 is 10.0 Å². The SMILES string of the molecule is CC[C@]1(CO)C[C@H]2CC[C@@H]1N2CC(=O)N1CCCc2cc(C)ccc21.